The molecule has 4 heteroatoms. The zero-order chi connectivity index (χ0) is 30.2. The molecule has 0 aliphatic carbocycles. The van der Waals surface area contributed by atoms with E-state index in [1.165, 1.54) is 43.6 Å². The van der Waals surface area contributed by atoms with E-state index in [1.807, 2.05) is 12.3 Å². The lowest BCUT2D eigenvalue weighted by Crippen LogP contribution is -1.99. The highest BCUT2D eigenvalue weighted by atomic mass is 15.0. The number of hydrogen-bond acceptors (Lipinski definition) is 2. The van der Waals surface area contributed by atoms with Gasteiger partial charge < -0.3 is 9.13 Å². The molecule has 0 amide bonds. The molecule has 0 atom stereocenters. The maximum Gasteiger partial charge on any atom is 0.0972 e. The van der Waals surface area contributed by atoms with Crippen molar-refractivity contribution in [2.75, 3.05) is 0 Å². The summed E-state index contributed by atoms with van der Waals surface area (Å²) in [5, 5.41) is 7.13. The van der Waals surface area contributed by atoms with E-state index in [4.69, 9.17) is 4.98 Å². The largest absolute Gasteiger partial charge is 0.307 e. The number of benzene rings is 6. The van der Waals surface area contributed by atoms with Crippen molar-refractivity contribution >= 4 is 65.4 Å². The van der Waals surface area contributed by atoms with Gasteiger partial charge in [-0.15, -0.1) is 0 Å². The molecule has 0 aliphatic rings. The maximum absolute atomic E-state index is 5.18. The molecule has 0 saturated carbocycles. The monoisotopic (exact) mass is 586 g/mol. The van der Waals surface area contributed by atoms with Crippen molar-refractivity contribution in [3.8, 4) is 22.6 Å². The number of pyridine rings is 2. The second-order valence-corrected chi connectivity index (χ2v) is 11.9. The number of hydrogen-bond donors (Lipinski definition) is 0. The van der Waals surface area contributed by atoms with E-state index < -0.39 is 0 Å². The summed E-state index contributed by atoms with van der Waals surface area (Å²) >= 11 is 0. The van der Waals surface area contributed by atoms with E-state index in [0.29, 0.717) is 0 Å². The summed E-state index contributed by atoms with van der Waals surface area (Å²) in [6.07, 6.45) is 1.84. The van der Waals surface area contributed by atoms with Crippen molar-refractivity contribution in [1.29, 1.82) is 0 Å². The number of para-hydroxylation sites is 3. The molecule has 0 aliphatic heterocycles. The molecular weight excluding hydrogens is 560 g/mol. The first-order chi connectivity index (χ1) is 22.8. The minimum atomic E-state index is 0.923. The number of aromatic nitrogens is 4. The lowest BCUT2D eigenvalue weighted by Gasteiger charge is -2.13. The summed E-state index contributed by atoms with van der Waals surface area (Å²) in [6, 6.07) is 54.1. The molecule has 0 N–H and O–H groups in total. The summed E-state index contributed by atoms with van der Waals surface area (Å²) in [5.74, 6) is 0. The van der Waals surface area contributed by atoms with Crippen molar-refractivity contribution in [1.82, 2.24) is 19.1 Å². The lowest BCUT2D eigenvalue weighted by atomic mass is 10.1. The van der Waals surface area contributed by atoms with Crippen LogP contribution in [0.5, 0.6) is 0 Å². The zero-order valence-corrected chi connectivity index (χ0v) is 24.8. The van der Waals surface area contributed by atoms with Crippen molar-refractivity contribution in [2.45, 2.75) is 0 Å². The predicted octanol–water partition coefficient (Wildman–Crippen LogP) is 10.6. The quantitative estimate of drug-likeness (QED) is 0.193. The third-order valence-corrected chi connectivity index (χ3v) is 9.32. The Hall–Kier alpha value is -6.26. The van der Waals surface area contributed by atoms with Crippen LogP contribution in [0.3, 0.4) is 0 Å². The van der Waals surface area contributed by atoms with Gasteiger partial charge in [-0.05, 0) is 48.5 Å². The first-order valence-corrected chi connectivity index (χ1v) is 15.6. The highest BCUT2D eigenvalue weighted by molar-refractivity contribution is 6.23. The standard InChI is InChI=1S/C42H26N4/c1-2-12-30(13-3-1)45-37-17-6-4-15-32(37)34-22-23-35-33-16-5-7-18-38(33)46(42(35)41(34)45)31-14-8-10-29(26-31)36-24-21-28-20-19-27-11-9-25-43-39(27)40(28)44-36/h1-26H. The minimum absolute atomic E-state index is 0.923. The summed E-state index contributed by atoms with van der Waals surface area (Å²) in [6.45, 7) is 0. The van der Waals surface area contributed by atoms with Gasteiger partial charge in [-0.25, -0.2) is 4.98 Å². The average Bonchev–Trinajstić information content (AvgIpc) is 3.65. The van der Waals surface area contributed by atoms with Gasteiger partial charge in [0, 0.05) is 55.5 Å². The normalized spacial score (nSPS) is 11.9. The molecular formula is C42H26N4. The van der Waals surface area contributed by atoms with Crippen LogP contribution in [0.1, 0.15) is 0 Å². The average molecular weight is 587 g/mol. The Morgan fingerprint density at radius 2 is 1.02 bits per heavy atom. The number of fused-ring (bicyclic) bond motifs is 10. The molecule has 0 radical (unpaired) electrons. The molecule has 0 fully saturated rings. The Morgan fingerprint density at radius 1 is 0.413 bits per heavy atom. The predicted molar refractivity (Wildman–Crippen MR) is 191 cm³/mol. The first kappa shape index (κ1) is 25.1. The third-order valence-electron chi connectivity index (χ3n) is 9.32. The molecule has 10 aromatic rings. The number of rotatable bonds is 3. The van der Waals surface area contributed by atoms with E-state index in [0.717, 1.165) is 44.4 Å². The van der Waals surface area contributed by atoms with Gasteiger partial charge in [0.05, 0.1) is 38.8 Å². The molecule has 4 aromatic heterocycles. The molecule has 0 saturated heterocycles. The second kappa shape index (κ2) is 9.62. The molecule has 6 aromatic carbocycles. The van der Waals surface area contributed by atoms with Gasteiger partial charge in [0.2, 0.25) is 0 Å². The maximum atomic E-state index is 5.18. The van der Waals surface area contributed by atoms with Crippen molar-refractivity contribution in [3.05, 3.63) is 158 Å². The molecule has 4 nitrogen and oxygen atoms in total. The third kappa shape index (κ3) is 3.55. The fraction of sp³-hybridized carbons (Fsp3) is 0. The van der Waals surface area contributed by atoms with Crippen LogP contribution in [0.2, 0.25) is 0 Å². The minimum Gasteiger partial charge on any atom is -0.307 e. The smallest absolute Gasteiger partial charge is 0.0972 e. The van der Waals surface area contributed by atoms with Gasteiger partial charge in [-0.3, -0.25) is 4.98 Å². The summed E-state index contributed by atoms with van der Waals surface area (Å²) in [7, 11) is 0. The summed E-state index contributed by atoms with van der Waals surface area (Å²) < 4.78 is 4.86. The van der Waals surface area contributed by atoms with Crippen LogP contribution in [0.15, 0.2) is 158 Å². The van der Waals surface area contributed by atoms with Gasteiger partial charge in [0.15, 0.2) is 0 Å². The Balaban J connectivity index is 1.29. The van der Waals surface area contributed by atoms with Crippen molar-refractivity contribution < 1.29 is 0 Å². The molecule has 0 spiro atoms. The first-order valence-electron chi connectivity index (χ1n) is 15.6. The van der Waals surface area contributed by atoms with Gasteiger partial charge in [-0.2, -0.15) is 0 Å². The molecule has 10 rings (SSSR count). The molecule has 46 heavy (non-hydrogen) atoms. The van der Waals surface area contributed by atoms with Gasteiger partial charge in [0.25, 0.3) is 0 Å². The van der Waals surface area contributed by atoms with E-state index >= 15 is 0 Å². The fourth-order valence-electron chi connectivity index (χ4n) is 7.30. The Labute approximate surface area is 264 Å². The van der Waals surface area contributed by atoms with Crippen LogP contribution in [0.4, 0.5) is 0 Å². The van der Waals surface area contributed by atoms with E-state index in [1.54, 1.807) is 0 Å². The fourth-order valence-corrected chi connectivity index (χ4v) is 7.30. The highest BCUT2D eigenvalue weighted by Gasteiger charge is 2.21. The molecule has 4 heterocycles. The second-order valence-electron chi connectivity index (χ2n) is 11.9. The summed E-state index contributed by atoms with van der Waals surface area (Å²) in [5.41, 5.74) is 10.9. The SMILES string of the molecule is c1ccc(-n2c3ccccc3c3ccc4c5ccccc5n(-c5cccc(-c6ccc7ccc8cccnc8c7n6)c5)c4c32)cc1. The van der Waals surface area contributed by atoms with Crippen molar-refractivity contribution in [2.24, 2.45) is 0 Å². The van der Waals surface area contributed by atoms with Crippen LogP contribution < -0.4 is 0 Å². The zero-order valence-electron chi connectivity index (χ0n) is 24.8. The van der Waals surface area contributed by atoms with Gasteiger partial charge in [-0.1, -0.05) is 103 Å². The Morgan fingerprint density at radius 3 is 1.76 bits per heavy atom. The van der Waals surface area contributed by atoms with Gasteiger partial charge >= 0.3 is 0 Å². The number of nitrogens with zero attached hydrogens (tertiary/aromatic N) is 4. The van der Waals surface area contributed by atoms with E-state index in [2.05, 4.69) is 160 Å². The summed E-state index contributed by atoms with van der Waals surface area (Å²) in [4.78, 5) is 9.86. The van der Waals surface area contributed by atoms with Crippen LogP contribution in [0.25, 0.3) is 88.0 Å². The van der Waals surface area contributed by atoms with Crippen LogP contribution in [-0.4, -0.2) is 19.1 Å². The topological polar surface area (TPSA) is 35.6 Å². The van der Waals surface area contributed by atoms with Crippen LogP contribution in [-0.2, 0) is 0 Å². The highest BCUT2D eigenvalue weighted by Crippen LogP contribution is 2.42. The van der Waals surface area contributed by atoms with Crippen LogP contribution >= 0.6 is 0 Å². The van der Waals surface area contributed by atoms with E-state index in [9.17, 15) is 0 Å². The molecule has 0 unspecified atom stereocenters. The Kier molecular flexibility index (Phi) is 5.25. The van der Waals surface area contributed by atoms with Gasteiger partial charge in [0.1, 0.15) is 0 Å². The molecule has 0 bridgehead atoms. The van der Waals surface area contributed by atoms with E-state index in [-0.39, 0.29) is 0 Å². The Bertz CT molecular complexity index is 2810. The van der Waals surface area contributed by atoms with Crippen molar-refractivity contribution in [3.63, 3.8) is 0 Å². The lowest BCUT2D eigenvalue weighted by molar-refractivity contribution is 1.15. The molecule has 214 valence electrons. The van der Waals surface area contributed by atoms with Crippen LogP contribution in [0, 0.1) is 0 Å².